The number of halogens is 3. The second kappa shape index (κ2) is 5.66. The van der Waals surface area contributed by atoms with Crippen molar-refractivity contribution in [3.05, 3.63) is 58.6 Å². The Morgan fingerprint density at radius 3 is 2.76 bits per heavy atom. The second-order valence-electron chi connectivity index (χ2n) is 4.87. The molecule has 0 unspecified atom stereocenters. The smallest absolute Gasteiger partial charge is 0.128 e. The Labute approximate surface area is 132 Å². The zero-order valence-electron chi connectivity index (χ0n) is 11.4. The molecule has 0 N–H and O–H groups in total. The third-order valence-electron chi connectivity index (χ3n) is 3.39. The molecule has 0 aliphatic heterocycles. The van der Waals surface area contributed by atoms with Gasteiger partial charge >= 0.3 is 0 Å². The lowest BCUT2D eigenvalue weighted by Gasteiger charge is -2.09. The fraction of sp³-hybridized carbons (Fsp3) is 0.188. The van der Waals surface area contributed by atoms with Gasteiger partial charge in [0.05, 0.1) is 11.0 Å². The van der Waals surface area contributed by atoms with Crippen LogP contribution in [0.5, 0.6) is 0 Å². The van der Waals surface area contributed by atoms with Gasteiger partial charge in [-0.3, -0.25) is 4.57 Å². The molecule has 0 saturated carbocycles. The molecule has 3 rings (SSSR count). The Bertz CT molecular complexity index is 811. The molecule has 0 spiro atoms. The number of fused-ring (bicyclic) bond motifs is 1. The highest BCUT2D eigenvalue weighted by atomic mass is 35.5. The first-order valence-corrected chi connectivity index (χ1v) is 7.51. The summed E-state index contributed by atoms with van der Waals surface area (Å²) in [5.74, 6) is 0.994. The van der Waals surface area contributed by atoms with Crippen LogP contribution in [0.15, 0.2) is 36.4 Å². The molecular weight excluding hydrogens is 310 g/mol. The first-order valence-electron chi connectivity index (χ1n) is 6.59. The van der Waals surface area contributed by atoms with Crippen molar-refractivity contribution in [2.45, 2.75) is 13.3 Å². The van der Waals surface area contributed by atoms with Crippen molar-refractivity contribution in [1.29, 1.82) is 0 Å². The van der Waals surface area contributed by atoms with E-state index in [-0.39, 0.29) is 5.82 Å². The summed E-state index contributed by atoms with van der Waals surface area (Å²) in [4.78, 5) is 4.51. The van der Waals surface area contributed by atoms with E-state index in [0.29, 0.717) is 28.4 Å². The average Bonchev–Trinajstić information content (AvgIpc) is 2.77. The van der Waals surface area contributed by atoms with Crippen molar-refractivity contribution in [2.75, 3.05) is 5.88 Å². The highest BCUT2D eigenvalue weighted by Gasteiger charge is 2.14. The summed E-state index contributed by atoms with van der Waals surface area (Å²) in [6.45, 7) is 1.74. The third kappa shape index (κ3) is 2.63. The maximum atomic E-state index is 13.7. The molecule has 5 heteroatoms. The molecule has 0 aliphatic carbocycles. The van der Waals surface area contributed by atoms with Gasteiger partial charge in [0.2, 0.25) is 0 Å². The number of imidazole rings is 1. The van der Waals surface area contributed by atoms with E-state index in [4.69, 9.17) is 23.2 Å². The summed E-state index contributed by atoms with van der Waals surface area (Å²) in [7, 11) is 0. The summed E-state index contributed by atoms with van der Waals surface area (Å²) in [6, 6.07) is 10.8. The van der Waals surface area contributed by atoms with Gasteiger partial charge < -0.3 is 0 Å². The minimum absolute atomic E-state index is 0.254. The molecule has 2 nitrogen and oxygen atoms in total. The van der Waals surface area contributed by atoms with Crippen LogP contribution in [0.1, 0.15) is 11.4 Å². The monoisotopic (exact) mass is 322 g/mol. The number of rotatable bonds is 3. The van der Waals surface area contributed by atoms with Gasteiger partial charge in [-0.15, -0.1) is 11.6 Å². The van der Waals surface area contributed by atoms with Crippen molar-refractivity contribution < 1.29 is 4.39 Å². The van der Waals surface area contributed by atoms with Crippen molar-refractivity contribution in [3.8, 4) is 5.69 Å². The van der Waals surface area contributed by atoms with E-state index in [2.05, 4.69) is 4.98 Å². The Balaban J connectivity index is 2.32. The first kappa shape index (κ1) is 14.4. The molecule has 21 heavy (non-hydrogen) atoms. The van der Waals surface area contributed by atoms with Crippen LogP contribution in [0, 0.1) is 12.7 Å². The summed E-state index contributed by atoms with van der Waals surface area (Å²) >= 11 is 11.9. The van der Waals surface area contributed by atoms with Crippen molar-refractivity contribution in [3.63, 3.8) is 0 Å². The molecule has 0 saturated heterocycles. The summed E-state index contributed by atoms with van der Waals surface area (Å²) in [6.07, 6.45) is 0.601. The van der Waals surface area contributed by atoms with E-state index in [1.807, 2.05) is 28.8 Å². The van der Waals surface area contributed by atoms with Crippen LogP contribution in [0.25, 0.3) is 16.7 Å². The van der Waals surface area contributed by atoms with Crippen molar-refractivity contribution in [1.82, 2.24) is 9.55 Å². The van der Waals surface area contributed by atoms with E-state index in [1.165, 1.54) is 6.07 Å². The fourth-order valence-corrected chi connectivity index (χ4v) is 2.76. The number of benzene rings is 2. The van der Waals surface area contributed by atoms with Gasteiger partial charge in [0.25, 0.3) is 0 Å². The van der Waals surface area contributed by atoms with Gasteiger partial charge in [-0.2, -0.15) is 0 Å². The molecule has 0 aliphatic rings. The average molecular weight is 323 g/mol. The zero-order chi connectivity index (χ0) is 15.0. The Morgan fingerprint density at radius 1 is 1.24 bits per heavy atom. The standard InChI is InChI=1S/C16H13Cl2FN2/c1-10-7-15-14(9-13(10)19)20-16(5-6-17)21(15)12-4-2-3-11(18)8-12/h2-4,7-9H,5-6H2,1H3. The van der Waals surface area contributed by atoms with E-state index in [1.54, 1.807) is 13.0 Å². The molecule has 0 atom stereocenters. The van der Waals surface area contributed by atoms with Gasteiger partial charge in [-0.05, 0) is 36.8 Å². The number of aromatic nitrogens is 2. The van der Waals surface area contributed by atoms with E-state index in [0.717, 1.165) is 17.0 Å². The van der Waals surface area contributed by atoms with Crippen molar-refractivity contribution in [2.24, 2.45) is 0 Å². The minimum atomic E-state index is -0.254. The summed E-state index contributed by atoms with van der Waals surface area (Å²) in [5.41, 5.74) is 2.97. The van der Waals surface area contributed by atoms with Crippen LogP contribution in [-0.4, -0.2) is 15.4 Å². The molecular formula is C16H13Cl2FN2. The molecule has 2 aromatic carbocycles. The van der Waals surface area contributed by atoms with Gasteiger partial charge in [-0.25, -0.2) is 9.37 Å². The highest BCUT2D eigenvalue weighted by molar-refractivity contribution is 6.30. The van der Waals surface area contributed by atoms with Crippen molar-refractivity contribution >= 4 is 34.2 Å². The number of hydrogen-bond acceptors (Lipinski definition) is 1. The molecule has 108 valence electrons. The Hall–Kier alpha value is -1.58. The van der Waals surface area contributed by atoms with Crippen LogP contribution in [0.4, 0.5) is 4.39 Å². The predicted molar refractivity (Wildman–Crippen MR) is 85.2 cm³/mol. The maximum absolute atomic E-state index is 13.7. The van der Waals surface area contributed by atoms with Gasteiger partial charge in [0, 0.05) is 29.1 Å². The number of aryl methyl sites for hydroxylation is 2. The SMILES string of the molecule is Cc1cc2c(cc1F)nc(CCCl)n2-c1cccc(Cl)c1. The molecule has 0 fully saturated rings. The zero-order valence-corrected chi connectivity index (χ0v) is 12.9. The number of alkyl halides is 1. The van der Waals surface area contributed by atoms with Crippen LogP contribution >= 0.6 is 23.2 Å². The molecule has 0 bridgehead atoms. The molecule has 0 amide bonds. The van der Waals surface area contributed by atoms with Gasteiger partial charge in [-0.1, -0.05) is 17.7 Å². The van der Waals surface area contributed by atoms with E-state index in [9.17, 15) is 4.39 Å². The van der Waals surface area contributed by atoms with Crippen LogP contribution in [0.3, 0.4) is 0 Å². The van der Waals surface area contributed by atoms with Crippen LogP contribution in [0.2, 0.25) is 5.02 Å². The quantitative estimate of drug-likeness (QED) is 0.626. The molecule has 1 aromatic heterocycles. The highest BCUT2D eigenvalue weighted by Crippen LogP contribution is 2.26. The van der Waals surface area contributed by atoms with Gasteiger partial charge in [0.1, 0.15) is 11.6 Å². The lowest BCUT2D eigenvalue weighted by atomic mass is 10.2. The lowest BCUT2D eigenvalue weighted by Crippen LogP contribution is -2.02. The molecule has 0 radical (unpaired) electrons. The molecule has 3 aromatic rings. The van der Waals surface area contributed by atoms with Crippen LogP contribution in [-0.2, 0) is 6.42 Å². The Morgan fingerprint density at radius 2 is 2.05 bits per heavy atom. The largest absolute Gasteiger partial charge is 0.296 e. The lowest BCUT2D eigenvalue weighted by molar-refractivity contribution is 0.620. The van der Waals surface area contributed by atoms with Crippen LogP contribution < -0.4 is 0 Å². The topological polar surface area (TPSA) is 17.8 Å². The summed E-state index contributed by atoms with van der Waals surface area (Å²) < 4.78 is 15.7. The van der Waals surface area contributed by atoms with Gasteiger partial charge in [0.15, 0.2) is 0 Å². The summed E-state index contributed by atoms with van der Waals surface area (Å²) in [5, 5.41) is 0.644. The minimum Gasteiger partial charge on any atom is -0.296 e. The first-order chi connectivity index (χ1) is 10.1. The second-order valence-corrected chi connectivity index (χ2v) is 5.69. The normalized spacial score (nSPS) is 11.2. The number of hydrogen-bond donors (Lipinski definition) is 0. The number of nitrogens with zero attached hydrogens (tertiary/aromatic N) is 2. The maximum Gasteiger partial charge on any atom is 0.128 e. The Kier molecular flexibility index (Phi) is 3.87. The fourth-order valence-electron chi connectivity index (χ4n) is 2.41. The predicted octanol–water partition coefficient (Wildman–Crippen LogP) is 4.91. The third-order valence-corrected chi connectivity index (χ3v) is 3.81. The van der Waals surface area contributed by atoms with E-state index < -0.39 is 0 Å². The molecule has 1 heterocycles. The van der Waals surface area contributed by atoms with E-state index >= 15 is 0 Å².